The number of carbonyl (C=O) groups excluding carboxylic acids is 1. The zero-order valence-corrected chi connectivity index (χ0v) is 12.1. The molecule has 0 radical (unpaired) electrons. The van der Waals surface area contributed by atoms with Gasteiger partial charge in [-0.2, -0.15) is 0 Å². The summed E-state index contributed by atoms with van der Waals surface area (Å²) in [5, 5.41) is 2.88. The lowest BCUT2D eigenvalue weighted by molar-refractivity contribution is -0.119. The molecule has 1 atom stereocenters. The van der Waals surface area contributed by atoms with E-state index in [2.05, 4.69) is 12.2 Å². The molecule has 0 aliphatic rings. The molecule has 0 saturated heterocycles. The van der Waals surface area contributed by atoms with Gasteiger partial charge >= 0.3 is 0 Å². The van der Waals surface area contributed by atoms with Crippen molar-refractivity contribution in [1.29, 1.82) is 0 Å². The van der Waals surface area contributed by atoms with Crippen LogP contribution in [0, 0.1) is 5.92 Å². The molecule has 1 heterocycles. The van der Waals surface area contributed by atoms with Crippen LogP contribution in [-0.2, 0) is 11.3 Å². The number of hydrogen-bond donors (Lipinski definition) is 1. The highest BCUT2D eigenvalue weighted by atomic mass is 16.2. The number of anilines is 1. The molecule has 1 rings (SSSR count). The number of carbonyl (C=O) groups is 1. The largest absolute Gasteiger partial charge is 0.325 e. The maximum absolute atomic E-state index is 12.0. The molecular formula is C15H24N2O2. The summed E-state index contributed by atoms with van der Waals surface area (Å²) in [6.45, 7) is 6.75. The fraction of sp³-hybridized carbons (Fsp3) is 0.600. The average Bonchev–Trinajstić information content (AvgIpc) is 2.40. The van der Waals surface area contributed by atoms with Crippen LogP contribution in [0.15, 0.2) is 23.1 Å². The predicted molar refractivity (Wildman–Crippen MR) is 78.3 cm³/mol. The summed E-state index contributed by atoms with van der Waals surface area (Å²) in [7, 11) is 0. The predicted octanol–water partition coefficient (Wildman–Crippen LogP) is 3.02. The molecule has 1 amide bonds. The molecule has 1 unspecified atom stereocenters. The van der Waals surface area contributed by atoms with E-state index in [9.17, 15) is 9.59 Å². The highest BCUT2D eigenvalue weighted by Crippen LogP contribution is 2.11. The summed E-state index contributed by atoms with van der Waals surface area (Å²) >= 11 is 0. The van der Waals surface area contributed by atoms with E-state index in [4.69, 9.17) is 0 Å². The summed E-state index contributed by atoms with van der Waals surface area (Å²) in [6, 6.07) is 3.17. The number of nitrogens with one attached hydrogen (secondary N) is 1. The molecule has 1 N–H and O–H groups in total. The maximum atomic E-state index is 12.0. The number of aryl methyl sites for hydroxylation is 1. The Morgan fingerprint density at radius 2 is 2.05 bits per heavy atom. The second-order valence-corrected chi connectivity index (χ2v) is 4.98. The molecule has 1 aromatic rings. The van der Waals surface area contributed by atoms with Gasteiger partial charge in [-0.05, 0) is 18.9 Å². The van der Waals surface area contributed by atoms with Crippen LogP contribution in [0.4, 0.5) is 5.69 Å². The van der Waals surface area contributed by atoms with Crippen LogP contribution in [0.5, 0.6) is 0 Å². The van der Waals surface area contributed by atoms with Crippen molar-refractivity contribution in [3.8, 4) is 0 Å². The summed E-state index contributed by atoms with van der Waals surface area (Å²) in [4.78, 5) is 23.5. The molecule has 0 fully saturated rings. The number of hydrogen-bond acceptors (Lipinski definition) is 2. The molecule has 4 heteroatoms. The van der Waals surface area contributed by atoms with E-state index in [1.807, 2.05) is 13.8 Å². The van der Waals surface area contributed by atoms with Crippen molar-refractivity contribution in [1.82, 2.24) is 4.57 Å². The summed E-state index contributed by atoms with van der Waals surface area (Å²) in [5.74, 6) is 0.0293. The van der Waals surface area contributed by atoms with Gasteiger partial charge in [-0.25, -0.2) is 0 Å². The third kappa shape index (κ3) is 4.89. The van der Waals surface area contributed by atoms with Crippen LogP contribution in [0.25, 0.3) is 0 Å². The number of aromatic nitrogens is 1. The first-order chi connectivity index (χ1) is 9.08. The van der Waals surface area contributed by atoms with Crippen LogP contribution in [0.3, 0.4) is 0 Å². The quantitative estimate of drug-likeness (QED) is 0.823. The summed E-state index contributed by atoms with van der Waals surface area (Å²) < 4.78 is 1.63. The van der Waals surface area contributed by atoms with Gasteiger partial charge in [-0.15, -0.1) is 0 Å². The lowest BCUT2D eigenvalue weighted by Crippen LogP contribution is -2.23. The van der Waals surface area contributed by atoms with Crippen molar-refractivity contribution in [3.05, 3.63) is 28.7 Å². The third-order valence-corrected chi connectivity index (χ3v) is 3.15. The highest BCUT2D eigenvalue weighted by molar-refractivity contribution is 5.92. The minimum absolute atomic E-state index is 0.00602. The van der Waals surface area contributed by atoms with E-state index in [0.29, 0.717) is 12.2 Å². The third-order valence-electron chi connectivity index (χ3n) is 3.15. The first kappa shape index (κ1) is 15.5. The fourth-order valence-electron chi connectivity index (χ4n) is 1.93. The van der Waals surface area contributed by atoms with Crippen LogP contribution >= 0.6 is 0 Å². The Labute approximate surface area is 114 Å². The zero-order chi connectivity index (χ0) is 14.3. The van der Waals surface area contributed by atoms with Gasteiger partial charge in [0.1, 0.15) is 0 Å². The van der Waals surface area contributed by atoms with E-state index < -0.39 is 0 Å². The minimum Gasteiger partial charge on any atom is -0.325 e. The van der Waals surface area contributed by atoms with Gasteiger partial charge in [-0.1, -0.05) is 33.6 Å². The Balaban J connectivity index is 2.68. The first-order valence-electron chi connectivity index (χ1n) is 7.09. The summed E-state index contributed by atoms with van der Waals surface area (Å²) in [6.07, 6.45) is 5.67. The highest BCUT2D eigenvalue weighted by Gasteiger charge is 2.12. The van der Waals surface area contributed by atoms with Crippen molar-refractivity contribution in [3.63, 3.8) is 0 Å². The second kappa shape index (κ2) is 7.77. The van der Waals surface area contributed by atoms with Gasteiger partial charge in [0, 0.05) is 24.7 Å². The lowest BCUT2D eigenvalue weighted by atomic mass is 10.0. The van der Waals surface area contributed by atoms with Gasteiger partial charge < -0.3 is 9.88 Å². The van der Waals surface area contributed by atoms with Crippen molar-refractivity contribution < 1.29 is 4.79 Å². The van der Waals surface area contributed by atoms with Gasteiger partial charge in [0.25, 0.3) is 5.56 Å². The normalized spacial score (nSPS) is 12.2. The monoisotopic (exact) mass is 264 g/mol. The molecule has 4 nitrogen and oxygen atoms in total. The van der Waals surface area contributed by atoms with Crippen molar-refractivity contribution in [2.75, 3.05) is 5.32 Å². The molecule has 0 spiro atoms. The Kier molecular flexibility index (Phi) is 6.33. The molecular weight excluding hydrogens is 240 g/mol. The molecule has 0 bridgehead atoms. The standard InChI is InChI=1S/C15H24N2O2/c1-4-6-7-12(3)15(19)16-13-8-9-14(18)17(11-13)10-5-2/h8-9,11-12H,4-7,10H2,1-3H3,(H,16,19). The van der Waals surface area contributed by atoms with Crippen LogP contribution in [-0.4, -0.2) is 10.5 Å². The molecule has 0 aromatic carbocycles. The number of unbranched alkanes of at least 4 members (excludes halogenated alkanes) is 1. The van der Waals surface area contributed by atoms with E-state index in [-0.39, 0.29) is 17.4 Å². The number of rotatable bonds is 7. The fourth-order valence-corrected chi connectivity index (χ4v) is 1.93. The van der Waals surface area contributed by atoms with Gasteiger partial charge in [0.15, 0.2) is 0 Å². The van der Waals surface area contributed by atoms with Crippen molar-refractivity contribution in [2.24, 2.45) is 5.92 Å². The van der Waals surface area contributed by atoms with E-state index in [1.54, 1.807) is 16.8 Å². The van der Waals surface area contributed by atoms with Crippen molar-refractivity contribution >= 4 is 11.6 Å². The Morgan fingerprint density at radius 1 is 1.32 bits per heavy atom. The van der Waals surface area contributed by atoms with E-state index in [1.165, 1.54) is 6.07 Å². The van der Waals surface area contributed by atoms with Gasteiger partial charge in [0.05, 0.1) is 5.69 Å². The summed E-state index contributed by atoms with van der Waals surface area (Å²) in [5.41, 5.74) is 0.667. The van der Waals surface area contributed by atoms with Gasteiger partial charge in [0.2, 0.25) is 5.91 Å². The lowest BCUT2D eigenvalue weighted by Gasteiger charge is -2.13. The topological polar surface area (TPSA) is 51.1 Å². The SMILES string of the molecule is CCCCC(C)C(=O)Nc1ccc(=O)n(CCC)c1. The number of amides is 1. The molecule has 1 aromatic heterocycles. The minimum atomic E-state index is -0.0288. The second-order valence-electron chi connectivity index (χ2n) is 4.98. The average molecular weight is 264 g/mol. The van der Waals surface area contributed by atoms with Crippen LogP contribution in [0.1, 0.15) is 46.5 Å². The molecule has 0 aliphatic heterocycles. The molecule has 0 saturated carbocycles. The first-order valence-corrected chi connectivity index (χ1v) is 7.09. The number of pyridine rings is 1. The Morgan fingerprint density at radius 3 is 2.68 bits per heavy atom. The Bertz CT molecular complexity index is 465. The van der Waals surface area contributed by atoms with E-state index >= 15 is 0 Å². The molecule has 19 heavy (non-hydrogen) atoms. The maximum Gasteiger partial charge on any atom is 0.250 e. The molecule has 0 aliphatic carbocycles. The zero-order valence-electron chi connectivity index (χ0n) is 12.1. The molecule has 106 valence electrons. The van der Waals surface area contributed by atoms with Gasteiger partial charge in [-0.3, -0.25) is 9.59 Å². The van der Waals surface area contributed by atoms with Crippen LogP contribution < -0.4 is 10.9 Å². The number of nitrogens with zero attached hydrogens (tertiary/aromatic N) is 1. The Hall–Kier alpha value is -1.58. The smallest absolute Gasteiger partial charge is 0.250 e. The van der Waals surface area contributed by atoms with Crippen LogP contribution in [0.2, 0.25) is 0 Å². The van der Waals surface area contributed by atoms with E-state index in [0.717, 1.165) is 25.7 Å². The van der Waals surface area contributed by atoms with Crippen molar-refractivity contribution in [2.45, 2.75) is 53.0 Å².